The second-order valence-corrected chi connectivity index (χ2v) is 5.87. The van der Waals surface area contributed by atoms with Crippen molar-refractivity contribution in [2.45, 2.75) is 6.04 Å². The summed E-state index contributed by atoms with van der Waals surface area (Å²) in [5.74, 6) is 0.653. The zero-order valence-electron chi connectivity index (χ0n) is 11.6. The molecule has 112 valence electrons. The fraction of sp³-hybridized carbons (Fsp3) is 0.125. The van der Waals surface area contributed by atoms with Gasteiger partial charge in [0.15, 0.2) is 0 Å². The third-order valence-corrected chi connectivity index (χ3v) is 4.23. The van der Waals surface area contributed by atoms with Crippen molar-refractivity contribution in [1.29, 1.82) is 0 Å². The number of halogens is 1. The van der Waals surface area contributed by atoms with Gasteiger partial charge in [-0.2, -0.15) is 5.10 Å². The molecule has 0 aliphatic rings. The molecule has 1 atom stereocenters. The Balaban J connectivity index is 1.75. The van der Waals surface area contributed by atoms with Crippen molar-refractivity contribution >= 4 is 28.5 Å². The maximum atomic E-state index is 12.3. The quantitative estimate of drug-likeness (QED) is 0.662. The molecule has 22 heavy (non-hydrogen) atoms. The van der Waals surface area contributed by atoms with Gasteiger partial charge in [0, 0.05) is 22.5 Å². The lowest BCUT2D eigenvalue weighted by Gasteiger charge is -2.16. The fourth-order valence-corrected chi connectivity index (χ4v) is 2.83. The number of hydrogen-bond acceptors (Lipinski definition) is 3. The summed E-state index contributed by atoms with van der Waals surface area (Å²) in [4.78, 5) is 12.3. The topological polar surface area (TPSA) is 60.1 Å². The van der Waals surface area contributed by atoms with Crippen molar-refractivity contribution in [3.05, 3.63) is 76.0 Å². The van der Waals surface area contributed by atoms with Crippen LogP contribution in [-0.2, 0) is 0 Å². The second kappa shape index (κ2) is 6.78. The molecule has 0 radical (unpaired) electrons. The van der Waals surface area contributed by atoms with E-state index in [-0.39, 0.29) is 11.9 Å². The fourth-order valence-electron chi connectivity index (χ4n) is 2.20. The molecule has 1 N–H and O–H groups in total. The number of furan rings is 1. The number of amides is 1. The molecule has 0 aliphatic carbocycles. The van der Waals surface area contributed by atoms with Crippen molar-refractivity contribution < 1.29 is 9.21 Å². The van der Waals surface area contributed by atoms with Crippen LogP contribution in [0.5, 0.6) is 0 Å². The first-order valence-electron chi connectivity index (χ1n) is 6.81. The van der Waals surface area contributed by atoms with Gasteiger partial charge in [-0.25, -0.2) is 0 Å². The largest absolute Gasteiger partial charge is 0.467 e. The highest BCUT2D eigenvalue weighted by Crippen LogP contribution is 2.18. The normalized spacial score (nSPS) is 12.0. The number of aromatic nitrogens is 2. The molecule has 1 amide bonds. The average molecular weight is 407 g/mol. The molecule has 0 saturated heterocycles. The molecule has 0 saturated carbocycles. The van der Waals surface area contributed by atoms with E-state index in [4.69, 9.17) is 4.42 Å². The van der Waals surface area contributed by atoms with Gasteiger partial charge >= 0.3 is 0 Å². The Morgan fingerprint density at radius 1 is 1.27 bits per heavy atom. The summed E-state index contributed by atoms with van der Waals surface area (Å²) in [6.07, 6.45) is 5.18. The maximum Gasteiger partial charge on any atom is 0.252 e. The molecule has 1 unspecified atom stereocenters. The van der Waals surface area contributed by atoms with E-state index in [0.29, 0.717) is 12.1 Å². The van der Waals surface area contributed by atoms with Crippen molar-refractivity contribution in [3.63, 3.8) is 0 Å². The first kappa shape index (κ1) is 14.8. The van der Waals surface area contributed by atoms with Crippen LogP contribution in [0.3, 0.4) is 0 Å². The maximum absolute atomic E-state index is 12.3. The molecule has 3 rings (SSSR count). The van der Waals surface area contributed by atoms with Gasteiger partial charge < -0.3 is 9.73 Å². The first-order chi connectivity index (χ1) is 10.8. The first-order valence-corrected chi connectivity index (χ1v) is 7.89. The van der Waals surface area contributed by atoms with Crippen LogP contribution in [0.1, 0.15) is 22.2 Å². The van der Waals surface area contributed by atoms with Crippen LogP contribution in [0.25, 0.3) is 0 Å². The van der Waals surface area contributed by atoms with E-state index in [1.165, 1.54) is 0 Å². The lowest BCUT2D eigenvalue weighted by Crippen LogP contribution is -2.31. The summed E-state index contributed by atoms with van der Waals surface area (Å²) in [7, 11) is 0. The zero-order chi connectivity index (χ0) is 15.4. The predicted molar refractivity (Wildman–Crippen MR) is 90.6 cm³/mol. The minimum atomic E-state index is -0.171. The van der Waals surface area contributed by atoms with Crippen molar-refractivity contribution in [1.82, 2.24) is 15.1 Å². The molecule has 2 aromatic heterocycles. The van der Waals surface area contributed by atoms with Crippen LogP contribution in [-0.4, -0.2) is 22.2 Å². The van der Waals surface area contributed by atoms with E-state index in [9.17, 15) is 4.79 Å². The lowest BCUT2D eigenvalue weighted by molar-refractivity contribution is 0.0947. The number of nitrogens with one attached hydrogen (secondary N) is 1. The van der Waals surface area contributed by atoms with Crippen LogP contribution < -0.4 is 5.32 Å². The van der Waals surface area contributed by atoms with E-state index < -0.39 is 0 Å². The van der Waals surface area contributed by atoms with E-state index in [1.54, 1.807) is 17.1 Å². The minimum Gasteiger partial charge on any atom is -0.467 e. The van der Waals surface area contributed by atoms with Gasteiger partial charge in [-0.05, 0) is 52.9 Å². The summed E-state index contributed by atoms with van der Waals surface area (Å²) < 4.78 is 8.16. The molecule has 0 aliphatic heterocycles. The smallest absolute Gasteiger partial charge is 0.252 e. The standard InChI is InChI=1S/C16H14IN3O2/c17-13-6-2-1-5-12(13)16(21)18-11-14(15-7-3-10-22-15)20-9-4-8-19-20/h1-10,14H,11H2,(H,18,21). The second-order valence-electron chi connectivity index (χ2n) is 4.71. The Kier molecular flexibility index (Phi) is 4.57. The van der Waals surface area contributed by atoms with Crippen LogP contribution in [0.2, 0.25) is 0 Å². The van der Waals surface area contributed by atoms with Gasteiger partial charge in [-0.1, -0.05) is 12.1 Å². The highest BCUT2D eigenvalue weighted by molar-refractivity contribution is 14.1. The Bertz CT molecular complexity index is 704. The summed E-state index contributed by atoms with van der Waals surface area (Å²) in [6, 6.07) is 12.9. The van der Waals surface area contributed by atoms with Gasteiger partial charge in [0.25, 0.3) is 5.91 Å². The monoisotopic (exact) mass is 407 g/mol. The van der Waals surface area contributed by atoms with Gasteiger partial charge in [0.2, 0.25) is 0 Å². The summed E-state index contributed by atoms with van der Waals surface area (Å²) >= 11 is 2.16. The van der Waals surface area contributed by atoms with Crippen LogP contribution in [0, 0.1) is 3.57 Å². The Labute approximate surface area is 141 Å². The molecule has 0 spiro atoms. The summed E-state index contributed by atoms with van der Waals surface area (Å²) in [6.45, 7) is 0.402. The predicted octanol–water partition coefficient (Wildman–Crippen LogP) is 3.10. The van der Waals surface area contributed by atoms with Crippen LogP contribution >= 0.6 is 22.6 Å². The van der Waals surface area contributed by atoms with Gasteiger partial charge in [-0.3, -0.25) is 9.48 Å². The lowest BCUT2D eigenvalue weighted by atomic mass is 10.2. The summed E-state index contributed by atoms with van der Waals surface area (Å²) in [5.41, 5.74) is 0.668. The third-order valence-electron chi connectivity index (χ3n) is 3.29. The summed E-state index contributed by atoms with van der Waals surface area (Å²) in [5, 5.41) is 7.20. The number of nitrogens with zero attached hydrogens (tertiary/aromatic N) is 2. The van der Waals surface area contributed by atoms with Gasteiger partial charge in [-0.15, -0.1) is 0 Å². The van der Waals surface area contributed by atoms with Gasteiger partial charge in [0.1, 0.15) is 11.8 Å². The molecule has 3 aromatic rings. The number of carbonyl (C=O) groups excluding carboxylic acids is 1. The van der Waals surface area contributed by atoms with Crippen molar-refractivity contribution in [2.75, 3.05) is 6.54 Å². The van der Waals surface area contributed by atoms with Crippen LogP contribution in [0.15, 0.2) is 65.5 Å². The van der Waals surface area contributed by atoms with E-state index in [0.717, 1.165) is 9.33 Å². The zero-order valence-corrected chi connectivity index (χ0v) is 13.8. The molecule has 0 fully saturated rings. The number of benzene rings is 1. The Morgan fingerprint density at radius 2 is 2.14 bits per heavy atom. The van der Waals surface area contributed by atoms with Crippen LogP contribution in [0.4, 0.5) is 0 Å². The molecule has 2 heterocycles. The Morgan fingerprint density at radius 3 is 2.82 bits per heavy atom. The SMILES string of the molecule is O=C(NCC(c1ccco1)n1cccn1)c1ccccc1I. The highest BCUT2D eigenvalue weighted by Gasteiger charge is 2.19. The van der Waals surface area contributed by atoms with Crippen molar-refractivity contribution in [3.8, 4) is 0 Å². The highest BCUT2D eigenvalue weighted by atomic mass is 127. The molecule has 0 bridgehead atoms. The van der Waals surface area contributed by atoms with Crippen molar-refractivity contribution in [2.24, 2.45) is 0 Å². The third kappa shape index (κ3) is 3.22. The molecular weight excluding hydrogens is 393 g/mol. The van der Waals surface area contributed by atoms with E-state index in [1.807, 2.05) is 48.7 Å². The molecule has 6 heteroatoms. The average Bonchev–Trinajstić information content (AvgIpc) is 3.21. The molecular formula is C16H14IN3O2. The van der Waals surface area contributed by atoms with Gasteiger partial charge in [0.05, 0.1) is 11.8 Å². The number of carbonyl (C=O) groups is 1. The molecule has 1 aromatic carbocycles. The van der Waals surface area contributed by atoms with E-state index >= 15 is 0 Å². The molecule has 5 nitrogen and oxygen atoms in total. The minimum absolute atomic E-state index is 0.103. The number of rotatable bonds is 5. The van der Waals surface area contributed by atoms with E-state index in [2.05, 4.69) is 33.0 Å². The Hall–Kier alpha value is -2.09. The number of hydrogen-bond donors (Lipinski definition) is 1.